The number of fused-ring (bicyclic) bond motifs is 1. The van der Waals surface area contributed by atoms with Crippen molar-refractivity contribution in [1.82, 2.24) is 9.97 Å². The van der Waals surface area contributed by atoms with E-state index < -0.39 is 0 Å². The van der Waals surface area contributed by atoms with Gasteiger partial charge in [-0.25, -0.2) is 4.98 Å². The van der Waals surface area contributed by atoms with Gasteiger partial charge in [-0.15, -0.1) is 11.8 Å². The van der Waals surface area contributed by atoms with Gasteiger partial charge in [0, 0.05) is 4.90 Å². The van der Waals surface area contributed by atoms with Gasteiger partial charge in [0.25, 0.3) is 0 Å². The molecule has 1 aromatic carbocycles. The van der Waals surface area contributed by atoms with E-state index in [4.69, 9.17) is 11.5 Å². The van der Waals surface area contributed by atoms with Crippen LogP contribution in [0, 0.1) is 0 Å². The Labute approximate surface area is 79.7 Å². The largest absolute Gasteiger partial charge is 0.396 e. The van der Waals surface area contributed by atoms with E-state index in [1.165, 1.54) is 0 Å². The van der Waals surface area contributed by atoms with E-state index in [2.05, 4.69) is 9.97 Å². The van der Waals surface area contributed by atoms with E-state index in [0.29, 0.717) is 11.6 Å². The summed E-state index contributed by atoms with van der Waals surface area (Å²) in [6.45, 7) is 0. The van der Waals surface area contributed by atoms with Crippen LogP contribution in [0.5, 0.6) is 0 Å². The fourth-order valence-corrected chi connectivity index (χ4v) is 1.80. The lowest BCUT2D eigenvalue weighted by Crippen LogP contribution is -1.90. The number of benzene rings is 1. The number of anilines is 2. The first kappa shape index (κ1) is 8.25. The molecular weight excluding hydrogens is 184 g/mol. The predicted octanol–water partition coefficient (Wildman–Crippen LogP) is 1.45. The molecule has 0 bridgehead atoms. The molecular formula is C8H10N4S. The Morgan fingerprint density at radius 2 is 2.15 bits per heavy atom. The second-order valence-electron chi connectivity index (χ2n) is 2.70. The fraction of sp³-hybridized carbons (Fsp3) is 0.125. The Morgan fingerprint density at radius 3 is 2.85 bits per heavy atom. The number of nitrogens with one attached hydrogen (secondary N) is 1. The van der Waals surface area contributed by atoms with Crippen molar-refractivity contribution >= 4 is 34.4 Å². The molecule has 2 rings (SSSR count). The zero-order chi connectivity index (χ0) is 9.42. The van der Waals surface area contributed by atoms with E-state index in [1.54, 1.807) is 11.8 Å². The zero-order valence-corrected chi connectivity index (χ0v) is 7.98. The van der Waals surface area contributed by atoms with Crippen molar-refractivity contribution in [1.29, 1.82) is 0 Å². The molecule has 0 aliphatic carbocycles. The highest BCUT2D eigenvalue weighted by atomic mass is 32.2. The standard InChI is InChI=1S/C8H10N4S/c1-13-5-3-2-4-7(6(5)9)12-8(10)11-4/h2-3H,9H2,1H3,(H3,10,11,12). The molecule has 1 aromatic heterocycles. The van der Waals surface area contributed by atoms with Crippen LogP contribution in [0.1, 0.15) is 0 Å². The Morgan fingerprint density at radius 1 is 1.38 bits per heavy atom. The minimum atomic E-state index is 0.403. The molecule has 1 heterocycles. The van der Waals surface area contributed by atoms with Crippen molar-refractivity contribution in [3.05, 3.63) is 12.1 Å². The Bertz CT molecular complexity index is 449. The smallest absolute Gasteiger partial charge is 0.198 e. The van der Waals surface area contributed by atoms with Crippen LogP contribution in [0.2, 0.25) is 0 Å². The number of nitrogens with two attached hydrogens (primary N) is 2. The normalized spacial score (nSPS) is 10.8. The number of nitrogen functional groups attached to an aromatic ring is 2. The van der Waals surface area contributed by atoms with Crippen molar-refractivity contribution in [3.8, 4) is 0 Å². The van der Waals surface area contributed by atoms with Crippen molar-refractivity contribution in [2.24, 2.45) is 0 Å². The lowest BCUT2D eigenvalue weighted by molar-refractivity contribution is 1.35. The SMILES string of the molecule is CSc1ccc2[nH]c(N)nc2c1N. The molecule has 0 saturated heterocycles. The van der Waals surface area contributed by atoms with Crippen LogP contribution in [-0.4, -0.2) is 16.2 Å². The lowest BCUT2D eigenvalue weighted by atomic mass is 10.3. The van der Waals surface area contributed by atoms with Gasteiger partial charge in [0.05, 0.1) is 11.2 Å². The van der Waals surface area contributed by atoms with Gasteiger partial charge >= 0.3 is 0 Å². The summed E-state index contributed by atoms with van der Waals surface area (Å²) < 4.78 is 0. The fourth-order valence-electron chi connectivity index (χ4n) is 1.28. The summed E-state index contributed by atoms with van der Waals surface area (Å²) >= 11 is 1.60. The van der Waals surface area contributed by atoms with Crippen LogP contribution < -0.4 is 11.5 Å². The average Bonchev–Trinajstić information content (AvgIpc) is 2.47. The minimum Gasteiger partial charge on any atom is -0.396 e. The summed E-state index contributed by atoms with van der Waals surface area (Å²) in [5.41, 5.74) is 13.7. The van der Waals surface area contributed by atoms with Gasteiger partial charge in [0.2, 0.25) is 0 Å². The third kappa shape index (κ3) is 1.21. The summed E-state index contributed by atoms with van der Waals surface area (Å²) in [6.07, 6.45) is 1.98. The van der Waals surface area contributed by atoms with Gasteiger partial charge < -0.3 is 16.5 Å². The second kappa shape index (κ2) is 2.85. The molecule has 4 nitrogen and oxygen atoms in total. The molecule has 13 heavy (non-hydrogen) atoms. The summed E-state index contributed by atoms with van der Waals surface area (Å²) in [5.74, 6) is 0.403. The summed E-state index contributed by atoms with van der Waals surface area (Å²) in [7, 11) is 0. The van der Waals surface area contributed by atoms with Crippen LogP contribution in [0.3, 0.4) is 0 Å². The van der Waals surface area contributed by atoms with Crippen molar-refractivity contribution in [2.45, 2.75) is 4.90 Å². The van der Waals surface area contributed by atoms with Crippen LogP contribution in [-0.2, 0) is 0 Å². The highest BCUT2D eigenvalue weighted by Gasteiger charge is 2.06. The maximum atomic E-state index is 5.88. The minimum absolute atomic E-state index is 0.403. The summed E-state index contributed by atoms with van der Waals surface area (Å²) in [4.78, 5) is 8.06. The van der Waals surface area contributed by atoms with Gasteiger partial charge in [0.1, 0.15) is 5.52 Å². The Balaban J connectivity index is 2.78. The maximum Gasteiger partial charge on any atom is 0.198 e. The molecule has 0 spiro atoms. The lowest BCUT2D eigenvalue weighted by Gasteiger charge is -2.00. The summed E-state index contributed by atoms with van der Waals surface area (Å²) in [6, 6.07) is 3.89. The van der Waals surface area contributed by atoms with Gasteiger partial charge in [-0.2, -0.15) is 0 Å². The molecule has 5 heteroatoms. The number of thioether (sulfide) groups is 1. The number of nitrogens with zero attached hydrogens (tertiary/aromatic N) is 1. The monoisotopic (exact) mass is 194 g/mol. The van der Waals surface area contributed by atoms with E-state index in [0.717, 1.165) is 15.9 Å². The highest BCUT2D eigenvalue weighted by molar-refractivity contribution is 7.98. The van der Waals surface area contributed by atoms with Gasteiger partial charge in [-0.05, 0) is 18.4 Å². The quantitative estimate of drug-likeness (QED) is 0.474. The molecule has 0 aliphatic rings. The predicted molar refractivity (Wildman–Crippen MR) is 56.7 cm³/mol. The van der Waals surface area contributed by atoms with E-state index in [1.807, 2.05) is 18.4 Å². The highest BCUT2D eigenvalue weighted by Crippen LogP contribution is 2.29. The Kier molecular flexibility index (Phi) is 1.81. The number of imidazole rings is 1. The van der Waals surface area contributed by atoms with Crippen molar-refractivity contribution in [3.63, 3.8) is 0 Å². The first-order valence-corrected chi connectivity index (χ1v) is 5.02. The molecule has 0 fully saturated rings. The number of hydrogen-bond donors (Lipinski definition) is 3. The first-order chi connectivity index (χ1) is 6.22. The van der Waals surface area contributed by atoms with Crippen LogP contribution in [0.15, 0.2) is 17.0 Å². The molecule has 5 N–H and O–H groups in total. The number of aromatic amines is 1. The van der Waals surface area contributed by atoms with E-state index >= 15 is 0 Å². The van der Waals surface area contributed by atoms with Gasteiger partial charge in [0.15, 0.2) is 5.95 Å². The van der Waals surface area contributed by atoms with Gasteiger partial charge in [-0.3, -0.25) is 0 Å². The number of H-pyrrole nitrogens is 1. The molecule has 0 aliphatic heterocycles. The molecule has 0 atom stereocenters. The van der Waals surface area contributed by atoms with E-state index in [-0.39, 0.29) is 0 Å². The zero-order valence-electron chi connectivity index (χ0n) is 7.16. The second-order valence-corrected chi connectivity index (χ2v) is 3.55. The topological polar surface area (TPSA) is 80.7 Å². The average molecular weight is 194 g/mol. The molecule has 68 valence electrons. The van der Waals surface area contributed by atoms with Crippen LogP contribution in [0.25, 0.3) is 11.0 Å². The van der Waals surface area contributed by atoms with Gasteiger partial charge in [-0.1, -0.05) is 0 Å². The molecule has 0 radical (unpaired) electrons. The van der Waals surface area contributed by atoms with E-state index in [9.17, 15) is 0 Å². The van der Waals surface area contributed by atoms with Crippen LogP contribution in [0.4, 0.5) is 11.6 Å². The molecule has 0 unspecified atom stereocenters. The molecule has 0 saturated carbocycles. The Hall–Kier alpha value is -1.36. The maximum absolute atomic E-state index is 5.88. The van der Waals surface area contributed by atoms with Crippen LogP contribution >= 0.6 is 11.8 Å². The number of hydrogen-bond acceptors (Lipinski definition) is 4. The molecule has 0 amide bonds. The number of rotatable bonds is 1. The first-order valence-electron chi connectivity index (χ1n) is 3.80. The third-order valence-corrected chi connectivity index (χ3v) is 2.69. The van der Waals surface area contributed by atoms with Crippen molar-refractivity contribution < 1.29 is 0 Å². The molecule has 2 aromatic rings. The number of aromatic nitrogens is 2. The van der Waals surface area contributed by atoms with Crippen molar-refractivity contribution in [2.75, 3.05) is 17.7 Å². The summed E-state index contributed by atoms with van der Waals surface area (Å²) in [5, 5.41) is 0. The third-order valence-electron chi connectivity index (χ3n) is 1.89.